The number of hydrogen-bond acceptors (Lipinski definition) is 5. The predicted molar refractivity (Wildman–Crippen MR) is 111 cm³/mol. The highest BCUT2D eigenvalue weighted by Gasteiger charge is 2.37. The molecule has 0 spiro atoms. The van der Waals surface area contributed by atoms with E-state index in [4.69, 9.17) is 5.10 Å². The predicted octanol–water partition coefficient (Wildman–Crippen LogP) is 3.68. The van der Waals surface area contributed by atoms with E-state index in [9.17, 15) is 10.1 Å². The van der Waals surface area contributed by atoms with Crippen LogP contribution in [0.25, 0.3) is 0 Å². The van der Waals surface area contributed by atoms with Gasteiger partial charge in [0.15, 0.2) is 0 Å². The minimum Gasteiger partial charge on any atom is -0.348 e. The highest BCUT2D eigenvalue weighted by molar-refractivity contribution is 6.06. The fourth-order valence-electron chi connectivity index (χ4n) is 4.82. The van der Waals surface area contributed by atoms with Crippen molar-refractivity contribution in [2.24, 2.45) is 11.0 Å². The summed E-state index contributed by atoms with van der Waals surface area (Å²) in [6, 6.07) is 12.3. The summed E-state index contributed by atoms with van der Waals surface area (Å²) >= 11 is 0. The Kier molecular flexibility index (Phi) is 4.31. The number of carbonyl (C=O) groups excluding carboxylic acids is 1. The van der Waals surface area contributed by atoms with Crippen LogP contribution in [-0.2, 0) is 6.54 Å². The maximum Gasteiger partial charge on any atom is 0.251 e. The third-order valence-corrected chi connectivity index (χ3v) is 6.44. The molecule has 1 aliphatic carbocycles. The van der Waals surface area contributed by atoms with E-state index < -0.39 is 0 Å². The molecule has 1 atom stereocenters. The number of carbonyl (C=O) groups is 1. The van der Waals surface area contributed by atoms with Crippen molar-refractivity contribution in [2.45, 2.75) is 51.6 Å². The first kappa shape index (κ1) is 17.9. The summed E-state index contributed by atoms with van der Waals surface area (Å²) in [7, 11) is 0. The van der Waals surface area contributed by atoms with E-state index in [1.165, 1.54) is 25.7 Å². The molecule has 0 radical (unpaired) electrons. The summed E-state index contributed by atoms with van der Waals surface area (Å²) in [6.45, 7) is 2.47. The monoisotopic (exact) mass is 385 g/mol. The molecular formula is C23H23N5O. The van der Waals surface area contributed by atoms with Crippen molar-refractivity contribution in [1.29, 1.82) is 5.26 Å². The van der Waals surface area contributed by atoms with Crippen LogP contribution in [-0.4, -0.2) is 22.6 Å². The average Bonchev–Trinajstić information content (AvgIpc) is 3.47. The van der Waals surface area contributed by atoms with Gasteiger partial charge in [-0.25, -0.2) is 9.99 Å². The molecule has 0 saturated heterocycles. The molecule has 1 aromatic carbocycles. The molecule has 3 aliphatic rings. The first-order valence-corrected chi connectivity index (χ1v) is 10.3. The Morgan fingerprint density at radius 1 is 1.21 bits per heavy atom. The molecule has 1 saturated carbocycles. The Balaban J connectivity index is 1.53. The zero-order valence-corrected chi connectivity index (χ0v) is 16.5. The molecule has 0 bridgehead atoms. The highest BCUT2D eigenvalue weighted by Crippen LogP contribution is 2.38. The largest absolute Gasteiger partial charge is 0.348 e. The molecule has 1 amide bonds. The number of hydrogen-bond donors (Lipinski definition) is 1. The van der Waals surface area contributed by atoms with Gasteiger partial charge < -0.3 is 5.32 Å². The van der Waals surface area contributed by atoms with Crippen molar-refractivity contribution in [3.8, 4) is 6.07 Å². The molecule has 1 N–H and O–H groups in total. The third kappa shape index (κ3) is 3.07. The zero-order chi connectivity index (χ0) is 20.0. The lowest BCUT2D eigenvalue weighted by molar-refractivity contribution is 0.0965. The third-order valence-electron chi connectivity index (χ3n) is 6.44. The van der Waals surface area contributed by atoms with Gasteiger partial charge in [-0.05, 0) is 55.0 Å². The Labute approximate surface area is 170 Å². The molecule has 6 nitrogen and oxygen atoms in total. The molecule has 5 rings (SSSR count). The number of fused-ring (bicyclic) bond motifs is 1. The van der Waals surface area contributed by atoms with Gasteiger partial charge in [-0.3, -0.25) is 4.79 Å². The number of amides is 1. The molecule has 6 heteroatoms. The van der Waals surface area contributed by atoms with Crippen LogP contribution in [0.1, 0.15) is 64.8 Å². The van der Waals surface area contributed by atoms with Crippen LogP contribution in [0.3, 0.4) is 0 Å². The van der Waals surface area contributed by atoms with Gasteiger partial charge >= 0.3 is 0 Å². The summed E-state index contributed by atoms with van der Waals surface area (Å²) in [5.41, 5.74) is 5.15. The zero-order valence-electron chi connectivity index (χ0n) is 16.5. The fourth-order valence-corrected chi connectivity index (χ4v) is 4.82. The van der Waals surface area contributed by atoms with E-state index in [1.54, 1.807) is 0 Å². The SMILES string of the molecule is Cc1nc(N2N=C(c3ccc4c(c3)C(=O)NC4)C[C@@H]2C2CCCC2)ccc1C#N. The number of aromatic nitrogens is 1. The van der Waals surface area contributed by atoms with Crippen LogP contribution in [0.5, 0.6) is 0 Å². The van der Waals surface area contributed by atoms with Gasteiger partial charge in [-0.15, -0.1) is 0 Å². The van der Waals surface area contributed by atoms with Crippen molar-refractivity contribution in [3.63, 3.8) is 0 Å². The fraction of sp³-hybridized carbons (Fsp3) is 0.391. The van der Waals surface area contributed by atoms with Crippen molar-refractivity contribution >= 4 is 17.4 Å². The maximum absolute atomic E-state index is 12.1. The van der Waals surface area contributed by atoms with Crippen LogP contribution in [0, 0.1) is 24.2 Å². The lowest BCUT2D eigenvalue weighted by Gasteiger charge is -2.27. The number of benzene rings is 1. The Morgan fingerprint density at radius 2 is 2.03 bits per heavy atom. The van der Waals surface area contributed by atoms with E-state index in [-0.39, 0.29) is 11.9 Å². The van der Waals surface area contributed by atoms with Crippen molar-refractivity contribution in [1.82, 2.24) is 10.3 Å². The van der Waals surface area contributed by atoms with Crippen LogP contribution in [0.15, 0.2) is 35.4 Å². The highest BCUT2D eigenvalue weighted by atomic mass is 16.1. The molecule has 29 heavy (non-hydrogen) atoms. The van der Waals surface area contributed by atoms with Crippen LogP contribution >= 0.6 is 0 Å². The second kappa shape index (κ2) is 7.00. The van der Waals surface area contributed by atoms with Gasteiger partial charge in [-0.1, -0.05) is 25.0 Å². The molecule has 0 unspecified atom stereocenters. The van der Waals surface area contributed by atoms with Crippen molar-refractivity contribution < 1.29 is 4.79 Å². The number of hydrazone groups is 1. The first-order chi connectivity index (χ1) is 14.1. The van der Waals surface area contributed by atoms with E-state index in [2.05, 4.69) is 27.4 Å². The molecule has 146 valence electrons. The molecule has 1 aromatic heterocycles. The summed E-state index contributed by atoms with van der Waals surface area (Å²) in [6.07, 6.45) is 5.82. The van der Waals surface area contributed by atoms with E-state index in [0.29, 0.717) is 18.0 Å². The first-order valence-electron chi connectivity index (χ1n) is 10.3. The molecule has 1 fully saturated rings. The maximum atomic E-state index is 12.1. The van der Waals surface area contributed by atoms with Gasteiger partial charge in [0, 0.05) is 18.5 Å². The van der Waals surface area contributed by atoms with Gasteiger partial charge in [0.1, 0.15) is 11.9 Å². The number of nitrogens with one attached hydrogen (secondary N) is 1. The number of aryl methyl sites for hydroxylation is 1. The van der Waals surface area contributed by atoms with E-state index >= 15 is 0 Å². The number of nitrogens with zero attached hydrogens (tertiary/aromatic N) is 4. The normalized spacial score (nSPS) is 21.1. The Hall–Kier alpha value is -3.20. The van der Waals surface area contributed by atoms with Gasteiger partial charge in [0.25, 0.3) is 5.91 Å². The summed E-state index contributed by atoms with van der Waals surface area (Å²) < 4.78 is 0. The number of nitriles is 1. The molecule has 2 aliphatic heterocycles. The molecule has 2 aromatic rings. The number of anilines is 1. The topological polar surface area (TPSA) is 81.4 Å². The number of pyridine rings is 1. The standard InChI is InChI=1S/C23H23N5O/c1-14-17(12-24)8-9-22(26-14)28-21(15-4-2-3-5-15)11-20(27-28)16-6-7-18-13-25-23(29)19(18)10-16/h6-10,15,21H,2-5,11,13H2,1H3,(H,25,29)/t21-/m1/s1. The second-order valence-corrected chi connectivity index (χ2v) is 8.18. The smallest absolute Gasteiger partial charge is 0.251 e. The molecular weight excluding hydrogens is 362 g/mol. The lowest BCUT2D eigenvalue weighted by atomic mass is 9.91. The van der Waals surface area contributed by atoms with Gasteiger partial charge in [-0.2, -0.15) is 10.4 Å². The summed E-state index contributed by atoms with van der Waals surface area (Å²) in [4.78, 5) is 16.8. The van der Waals surface area contributed by atoms with E-state index in [0.717, 1.165) is 40.3 Å². The second-order valence-electron chi connectivity index (χ2n) is 8.18. The number of rotatable bonds is 3. The van der Waals surface area contributed by atoms with Gasteiger partial charge in [0.05, 0.1) is 23.0 Å². The van der Waals surface area contributed by atoms with Crippen LogP contribution in [0.4, 0.5) is 5.82 Å². The van der Waals surface area contributed by atoms with Crippen LogP contribution in [0.2, 0.25) is 0 Å². The van der Waals surface area contributed by atoms with Crippen molar-refractivity contribution in [3.05, 3.63) is 58.3 Å². The Morgan fingerprint density at radius 3 is 2.79 bits per heavy atom. The summed E-state index contributed by atoms with van der Waals surface area (Å²) in [5, 5.41) is 19.1. The quantitative estimate of drug-likeness (QED) is 0.874. The minimum atomic E-state index is -0.00553. The van der Waals surface area contributed by atoms with Crippen molar-refractivity contribution in [2.75, 3.05) is 5.01 Å². The minimum absolute atomic E-state index is 0.00553. The average molecular weight is 385 g/mol. The Bertz CT molecular complexity index is 1060. The lowest BCUT2D eigenvalue weighted by Crippen LogP contribution is -2.33. The molecule has 3 heterocycles. The van der Waals surface area contributed by atoms with Crippen LogP contribution < -0.4 is 10.3 Å². The summed E-state index contributed by atoms with van der Waals surface area (Å²) in [5.74, 6) is 1.38. The van der Waals surface area contributed by atoms with Gasteiger partial charge in [0.2, 0.25) is 0 Å². The van der Waals surface area contributed by atoms with E-state index in [1.807, 2.05) is 31.2 Å².